The molecule has 2 aliphatic rings. The third kappa shape index (κ3) is 6.21. The highest BCUT2D eigenvalue weighted by Crippen LogP contribution is 2.33. The molecule has 2 N–H and O–H groups in total. The molecule has 4 heterocycles. The van der Waals surface area contributed by atoms with Crippen LogP contribution in [0, 0.1) is 5.92 Å². The van der Waals surface area contributed by atoms with E-state index in [4.69, 9.17) is 11.6 Å². The highest BCUT2D eigenvalue weighted by Gasteiger charge is 2.33. The number of alkyl halides is 3. The van der Waals surface area contributed by atoms with Gasteiger partial charge in [-0.25, -0.2) is 9.97 Å². The number of nitrogens with one attached hydrogen (secondary N) is 2. The molecule has 2 fully saturated rings. The topological polar surface area (TPSA) is 77.9 Å². The Kier molecular flexibility index (Phi) is 6.98. The normalized spacial score (nSPS) is 18.1. The number of imidazole rings is 1. The van der Waals surface area contributed by atoms with E-state index in [1.165, 1.54) is 17.7 Å². The third-order valence-electron chi connectivity index (χ3n) is 7.52. The average molecular weight is 559 g/mol. The highest BCUT2D eigenvalue weighted by molar-refractivity contribution is 6.35. The van der Waals surface area contributed by atoms with Crippen molar-refractivity contribution in [3.8, 4) is 11.1 Å². The van der Waals surface area contributed by atoms with Gasteiger partial charge in [-0.1, -0.05) is 11.6 Å². The van der Waals surface area contributed by atoms with Crippen LogP contribution in [0.1, 0.15) is 31.4 Å². The first kappa shape index (κ1) is 26.1. The van der Waals surface area contributed by atoms with Crippen molar-refractivity contribution in [3.05, 3.63) is 53.4 Å². The van der Waals surface area contributed by atoms with Gasteiger partial charge in [0, 0.05) is 56.7 Å². The zero-order valence-electron chi connectivity index (χ0n) is 21.5. The van der Waals surface area contributed by atoms with Crippen LogP contribution in [0.15, 0.2) is 42.9 Å². The molecule has 8 nitrogen and oxygen atoms in total. The Morgan fingerprint density at radius 2 is 1.92 bits per heavy atom. The van der Waals surface area contributed by atoms with Gasteiger partial charge in [0.15, 0.2) is 0 Å². The largest absolute Gasteiger partial charge is 0.401 e. The van der Waals surface area contributed by atoms with Crippen molar-refractivity contribution < 1.29 is 13.2 Å². The first-order valence-corrected chi connectivity index (χ1v) is 13.6. The number of hydrogen-bond acceptors (Lipinski definition) is 6. The van der Waals surface area contributed by atoms with Gasteiger partial charge in [-0.15, -0.1) is 0 Å². The summed E-state index contributed by atoms with van der Waals surface area (Å²) < 4.78 is 40.2. The zero-order valence-corrected chi connectivity index (χ0v) is 22.3. The summed E-state index contributed by atoms with van der Waals surface area (Å²) in [6.45, 7) is 4.09. The number of anilines is 2. The third-order valence-corrected chi connectivity index (χ3v) is 7.81. The molecule has 1 unspecified atom stereocenters. The highest BCUT2D eigenvalue weighted by atomic mass is 35.5. The second kappa shape index (κ2) is 10.4. The molecule has 1 aliphatic heterocycles. The summed E-state index contributed by atoms with van der Waals surface area (Å²) >= 11 is 6.60. The van der Waals surface area contributed by atoms with Crippen LogP contribution in [0.4, 0.5) is 24.9 Å². The van der Waals surface area contributed by atoms with Gasteiger partial charge >= 0.3 is 6.18 Å². The van der Waals surface area contributed by atoms with Gasteiger partial charge < -0.3 is 10.3 Å². The maximum atomic E-state index is 12.7. The lowest BCUT2D eigenvalue weighted by atomic mass is 10.1. The maximum absolute atomic E-state index is 12.7. The molecule has 1 saturated heterocycles. The molecule has 6 rings (SSSR count). The van der Waals surface area contributed by atoms with Gasteiger partial charge in [-0.05, 0) is 61.1 Å². The Hall–Kier alpha value is -3.15. The number of piperazine rings is 1. The van der Waals surface area contributed by atoms with Crippen molar-refractivity contribution in [2.24, 2.45) is 5.92 Å². The van der Waals surface area contributed by atoms with Gasteiger partial charge in [-0.3, -0.25) is 14.5 Å². The number of pyridine rings is 1. The van der Waals surface area contributed by atoms with E-state index in [-0.39, 0.29) is 6.04 Å². The lowest BCUT2D eigenvalue weighted by Gasteiger charge is -2.38. The quantitative estimate of drug-likeness (QED) is 0.282. The Balaban J connectivity index is 1.14. The number of rotatable bonds is 8. The molecule has 1 aromatic carbocycles. The number of H-pyrrole nitrogens is 1. The molecule has 0 radical (unpaired) electrons. The van der Waals surface area contributed by atoms with E-state index in [1.54, 1.807) is 6.20 Å². The smallest absolute Gasteiger partial charge is 0.324 e. The van der Waals surface area contributed by atoms with E-state index < -0.39 is 12.7 Å². The maximum Gasteiger partial charge on any atom is 0.401 e. The van der Waals surface area contributed by atoms with Crippen molar-refractivity contribution >= 4 is 34.4 Å². The molecule has 3 aromatic heterocycles. The van der Waals surface area contributed by atoms with Crippen molar-refractivity contribution in [1.29, 1.82) is 0 Å². The van der Waals surface area contributed by atoms with Gasteiger partial charge in [0.2, 0.25) is 5.95 Å². The van der Waals surface area contributed by atoms with E-state index >= 15 is 0 Å². The van der Waals surface area contributed by atoms with E-state index in [0.29, 0.717) is 48.5 Å². The fourth-order valence-electron chi connectivity index (χ4n) is 5.15. The SMILES string of the molecule is CC(c1ccnc(Nc2nc3c(Cl)cc(-c4cnn(CC5CC5)c4)cc3[nH]2)c1)N1CCN(CC(F)(F)F)CC1. The van der Waals surface area contributed by atoms with E-state index in [1.807, 2.05) is 35.1 Å². The fourth-order valence-corrected chi connectivity index (χ4v) is 5.41. The second-order valence-electron chi connectivity index (χ2n) is 10.5. The zero-order chi connectivity index (χ0) is 27.1. The van der Waals surface area contributed by atoms with Crippen LogP contribution in [-0.2, 0) is 6.54 Å². The van der Waals surface area contributed by atoms with Crippen LogP contribution >= 0.6 is 11.6 Å². The van der Waals surface area contributed by atoms with E-state index in [9.17, 15) is 13.2 Å². The predicted octanol–water partition coefficient (Wildman–Crippen LogP) is 5.87. The Labute approximate surface area is 229 Å². The number of nitrogens with zero attached hydrogens (tertiary/aromatic N) is 6. The van der Waals surface area contributed by atoms with Crippen LogP contribution in [0.5, 0.6) is 0 Å². The summed E-state index contributed by atoms with van der Waals surface area (Å²) in [5.74, 6) is 1.88. The summed E-state index contributed by atoms with van der Waals surface area (Å²) in [4.78, 5) is 16.0. The molecular formula is C27H30ClF3N8. The predicted molar refractivity (Wildman–Crippen MR) is 145 cm³/mol. The molecule has 1 aliphatic carbocycles. The number of benzene rings is 1. The molecule has 0 bridgehead atoms. The number of hydrogen-bond donors (Lipinski definition) is 2. The Bertz CT molecular complexity index is 1450. The minimum absolute atomic E-state index is 0.0371. The van der Waals surface area contributed by atoms with Crippen LogP contribution in [-0.4, -0.2) is 73.4 Å². The molecular weight excluding hydrogens is 529 g/mol. The standard InChI is InChI=1S/C27H30ClF3N8/c1-17(38-8-6-37(7-9-38)16-27(29,30)31)19-4-5-32-24(12-19)35-26-34-23-11-20(10-22(28)25(23)36-26)21-13-33-39(15-21)14-18-2-3-18/h4-5,10-13,15,17-18H,2-3,6-9,14,16H2,1H3,(H2,32,34,35,36). The lowest BCUT2D eigenvalue weighted by Crippen LogP contribution is -2.49. The summed E-state index contributed by atoms with van der Waals surface area (Å²) in [5.41, 5.74) is 4.46. The fraction of sp³-hybridized carbons (Fsp3) is 0.444. The van der Waals surface area contributed by atoms with Crippen LogP contribution in [0.25, 0.3) is 22.2 Å². The van der Waals surface area contributed by atoms with Crippen molar-refractivity contribution in [2.45, 2.75) is 38.5 Å². The number of fused-ring (bicyclic) bond motifs is 1. The second-order valence-corrected chi connectivity index (χ2v) is 10.9. The molecule has 4 aromatic rings. The van der Waals surface area contributed by atoms with Crippen LogP contribution in [0.3, 0.4) is 0 Å². The van der Waals surface area contributed by atoms with Crippen molar-refractivity contribution in [3.63, 3.8) is 0 Å². The van der Waals surface area contributed by atoms with Gasteiger partial charge in [0.25, 0.3) is 0 Å². The first-order chi connectivity index (χ1) is 18.7. The van der Waals surface area contributed by atoms with Crippen molar-refractivity contribution in [1.82, 2.24) is 34.5 Å². The summed E-state index contributed by atoms with van der Waals surface area (Å²) in [6, 6.07) is 7.84. The lowest BCUT2D eigenvalue weighted by molar-refractivity contribution is -0.149. The van der Waals surface area contributed by atoms with Gasteiger partial charge in [-0.2, -0.15) is 18.3 Å². The first-order valence-electron chi connectivity index (χ1n) is 13.2. The van der Waals surface area contributed by atoms with Gasteiger partial charge in [0.05, 0.1) is 23.3 Å². The summed E-state index contributed by atoms with van der Waals surface area (Å²) in [6.07, 6.45) is 4.02. The number of aromatic nitrogens is 5. The van der Waals surface area contributed by atoms with Gasteiger partial charge in [0.1, 0.15) is 11.3 Å². The molecule has 1 atom stereocenters. The molecule has 0 spiro atoms. The summed E-state index contributed by atoms with van der Waals surface area (Å²) in [7, 11) is 0. The molecule has 12 heteroatoms. The van der Waals surface area contributed by atoms with E-state index in [0.717, 1.165) is 34.7 Å². The minimum Gasteiger partial charge on any atom is -0.324 e. The summed E-state index contributed by atoms with van der Waals surface area (Å²) in [5, 5.41) is 8.28. The number of aromatic amines is 1. The molecule has 1 saturated carbocycles. The Morgan fingerprint density at radius 1 is 1.13 bits per heavy atom. The average Bonchev–Trinajstić information content (AvgIpc) is 3.41. The monoisotopic (exact) mass is 558 g/mol. The molecule has 0 amide bonds. The Morgan fingerprint density at radius 3 is 2.67 bits per heavy atom. The van der Waals surface area contributed by atoms with Crippen LogP contribution < -0.4 is 5.32 Å². The minimum atomic E-state index is -4.17. The van der Waals surface area contributed by atoms with Crippen LogP contribution in [0.2, 0.25) is 5.02 Å². The van der Waals surface area contributed by atoms with E-state index in [2.05, 4.69) is 43.4 Å². The van der Waals surface area contributed by atoms with Crippen molar-refractivity contribution in [2.75, 3.05) is 38.0 Å². The molecule has 206 valence electrons. The number of halogens is 4. The molecule has 39 heavy (non-hydrogen) atoms.